The lowest BCUT2D eigenvalue weighted by molar-refractivity contribution is 0.291. The van der Waals surface area contributed by atoms with Crippen molar-refractivity contribution in [2.24, 2.45) is 5.41 Å². The zero-order valence-corrected chi connectivity index (χ0v) is 13.2. The summed E-state index contributed by atoms with van der Waals surface area (Å²) in [5, 5.41) is 3.40. The summed E-state index contributed by atoms with van der Waals surface area (Å²) in [5.74, 6) is -0.0926. The van der Waals surface area contributed by atoms with E-state index in [1.807, 2.05) is 12.1 Å². The molecule has 0 bridgehead atoms. The van der Waals surface area contributed by atoms with Crippen LogP contribution in [0.4, 0.5) is 10.1 Å². The van der Waals surface area contributed by atoms with E-state index in [1.54, 1.807) is 6.07 Å². The Morgan fingerprint density at radius 2 is 2.15 bits per heavy atom. The molecule has 2 rings (SSSR count). The van der Waals surface area contributed by atoms with Crippen molar-refractivity contribution in [2.45, 2.75) is 46.6 Å². The fourth-order valence-electron chi connectivity index (χ4n) is 3.25. The van der Waals surface area contributed by atoms with Crippen molar-refractivity contribution in [1.82, 2.24) is 5.32 Å². The minimum absolute atomic E-state index is 0.0926. The zero-order valence-electron chi connectivity index (χ0n) is 13.2. The van der Waals surface area contributed by atoms with Gasteiger partial charge in [0.15, 0.2) is 0 Å². The van der Waals surface area contributed by atoms with E-state index >= 15 is 0 Å². The molecule has 1 aromatic carbocycles. The average molecular weight is 278 g/mol. The van der Waals surface area contributed by atoms with Crippen LogP contribution in [0.5, 0.6) is 0 Å². The van der Waals surface area contributed by atoms with Crippen LogP contribution in [0.25, 0.3) is 0 Å². The molecule has 1 aliphatic rings. The number of hydrogen-bond donors (Lipinski definition) is 1. The van der Waals surface area contributed by atoms with Crippen LogP contribution in [0.1, 0.15) is 52.1 Å². The van der Waals surface area contributed by atoms with E-state index in [2.05, 4.69) is 37.9 Å². The monoisotopic (exact) mass is 278 g/mol. The minimum Gasteiger partial charge on any atom is -0.368 e. The van der Waals surface area contributed by atoms with Gasteiger partial charge in [0.05, 0.1) is 5.69 Å². The Hall–Kier alpha value is -1.09. The highest BCUT2D eigenvalue weighted by Crippen LogP contribution is 2.36. The standard InChI is InChI=1S/C17H27FN2/c1-5-19-13(2)14-8-6-9-15(18)16(14)20-11-7-10-17(3,4)12-20/h6,8-9,13,19H,5,7,10-12H2,1-4H3. The Morgan fingerprint density at radius 1 is 1.40 bits per heavy atom. The molecular formula is C17H27FN2. The maximum atomic E-state index is 14.4. The van der Waals surface area contributed by atoms with Crippen LogP contribution in [-0.2, 0) is 0 Å². The number of hydrogen-bond acceptors (Lipinski definition) is 2. The summed E-state index contributed by atoms with van der Waals surface area (Å²) in [6, 6.07) is 5.62. The van der Waals surface area contributed by atoms with E-state index in [0.717, 1.165) is 37.3 Å². The molecule has 0 amide bonds. The third-order valence-corrected chi connectivity index (χ3v) is 4.21. The molecule has 20 heavy (non-hydrogen) atoms. The molecule has 1 saturated heterocycles. The van der Waals surface area contributed by atoms with Gasteiger partial charge >= 0.3 is 0 Å². The molecule has 0 spiro atoms. The largest absolute Gasteiger partial charge is 0.368 e. The van der Waals surface area contributed by atoms with Crippen LogP contribution in [0.3, 0.4) is 0 Å². The summed E-state index contributed by atoms with van der Waals surface area (Å²) in [5.41, 5.74) is 2.14. The normalized spacial score (nSPS) is 19.9. The number of rotatable bonds is 4. The quantitative estimate of drug-likeness (QED) is 0.891. The molecule has 1 aliphatic heterocycles. The van der Waals surface area contributed by atoms with Gasteiger partial charge in [-0.2, -0.15) is 0 Å². The summed E-state index contributed by atoms with van der Waals surface area (Å²) in [7, 11) is 0. The summed E-state index contributed by atoms with van der Waals surface area (Å²) in [6.07, 6.45) is 2.35. The number of halogens is 1. The fraction of sp³-hybridized carbons (Fsp3) is 0.647. The second-order valence-corrected chi connectivity index (χ2v) is 6.65. The Balaban J connectivity index is 2.34. The second kappa shape index (κ2) is 6.13. The highest BCUT2D eigenvalue weighted by Gasteiger charge is 2.29. The van der Waals surface area contributed by atoms with Crippen molar-refractivity contribution < 1.29 is 4.39 Å². The van der Waals surface area contributed by atoms with E-state index in [-0.39, 0.29) is 17.3 Å². The molecule has 1 aromatic rings. The first kappa shape index (κ1) is 15.3. The van der Waals surface area contributed by atoms with Gasteiger partial charge in [0.1, 0.15) is 5.82 Å². The van der Waals surface area contributed by atoms with Gasteiger partial charge < -0.3 is 10.2 Å². The van der Waals surface area contributed by atoms with E-state index in [4.69, 9.17) is 0 Å². The van der Waals surface area contributed by atoms with E-state index < -0.39 is 0 Å². The summed E-state index contributed by atoms with van der Waals surface area (Å²) in [4.78, 5) is 2.24. The molecule has 1 atom stereocenters. The van der Waals surface area contributed by atoms with Crippen LogP contribution in [-0.4, -0.2) is 19.6 Å². The van der Waals surface area contributed by atoms with Gasteiger partial charge in [0, 0.05) is 19.1 Å². The highest BCUT2D eigenvalue weighted by atomic mass is 19.1. The lowest BCUT2D eigenvalue weighted by Gasteiger charge is -2.40. The molecule has 112 valence electrons. The third-order valence-electron chi connectivity index (χ3n) is 4.21. The molecule has 1 heterocycles. The first-order chi connectivity index (χ1) is 9.44. The van der Waals surface area contributed by atoms with Crippen molar-refractivity contribution in [2.75, 3.05) is 24.5 Å². The van der Waals surface area contributed by atoms with Crippen molar-refractivity contribution in [1.29, 1.82) is 0 Å². The van der Waals surface area contributed by atoms with E-state index in [1.165, 1.54) is 6.42 Å². The van der Waals surface area contributed by atoms with Gasteiger partial charge in [-0.3, -0.25) is 0 Å². The van der Waals surface area contributed by atoms with Gasteiger partial charge in [0.2, 0.25) is 0 Å². The zero-order chi connectivity index (χ0) is 14.8. The van der Waals surface area contributed by atoms with Crippen LogP contribution >= 0.6 is 0 Å². The molecule has 0 aromatic heterocycles. The van der Waals surface area contributed by atoms with Crippen molar-refractivity contribution >= 4 is 5.69 Å². The molecule has 1 N–H and O–H groups in total. The maximum Gasteiger partial charge on any atom is 0.146 e. The number of benzene rings is 1. The Labute approximate surface area is 122 Å². The van der Waals surface area contributed by atoms with Gasteiger partial charge in [-0.1, -0.05) is 32.9 Å². The predicted octanol–water partition coefficient (Wildman–Crippen LogP) is 4.12. The molecule has 1 unspecified atom stereocenters. The molecule has 1 fully saturated rings. The van der Waals surface area contributed by atoms with E-state index in [9.17, 15) is 4.39 Å². The number of anilines is 1. The Bertz CT molecular complexity index is 456. The Kier molecular flexibility index (Phi) is 4.69. The molecule has 0 aliphatic carbocycles. The van der Waals surface area contributed by atoms with E-state index in [0.29, 0.717) is 0 Å². The van der Waals surface area contributed by atoms with Gasteiger partial charge in [-0.25, -0.2) is 4.39 Å². The lowest BCUT2D eigenvalue weighted by atomic mass is 9.83. The fourth-order valence-corrected chi connectivity index (χ4v) is 3.25. The molecule has 0 saturated carbocycles. The first-order valence-electron chi connectivity index (χ1n) is 7.71. The highest BCUT2D eigenvalue weighted by molar-refractivity contribution is 5.56. The molecule has 2 nitrogen and oxygen atoms in total. The number of piperidine rings is 1. The van der Waals surface area contributed by atoms with Gasteiger partial charge in [0.25, 0.3) is 0 Å². The predicted molar refractivity (Wildman–Crippen MR) is 83.7 cm³/mol. The van der Waals surface area contributed by atoms with Crippen LogP contribution < -0.4 is 10.2 Å². The summed E-state index contributed by atoms with van der Waals surface area (Å²) < 4.78 is 14.4. The Morgan fingerprint density at radius 3 is 2.80 bits per heavy atom. The number of para-hydroxylation sites is 1. The van der Waals surface area contributed by atoms with Crippen molar-refractivity contribution in [3.63, 3.8) is 0 Å². The summed E-state index contributed by atoms with van der Waals surface area (Å²) in [6.45, 7) is 11.5. The summed E-state index contributed by atoms with van der Waals surface area (Å²) >= 11 is 0. The van der Waals surface area contributed by atoms with Crippen LogP contribution in [0, 0.1) is 11.2 Å². The van der Waals surface area contributed by atoms with Gasteiger partial charge in [-0.05, 0) is 43.4 Å². The third kappa shape index (κ3) is 3.32. The molecule has 3 heteroatoms. The van der Waals surface area contributed by atoms with Crippen molar-refractivity contribution in [3.05, 3.63) is 29.6 Å². The van der Waals surface area contributed by atoms with Crippen LogP contribution in [0.15, 0.2) is 18.2 Å². The lowest BCUT2D eigenvalue weighted by Crippen LogP contribution is -2.41. The van der Waals surface area contributed by atoms with Crippen molar-refractivity contribution in [3.8, 4) is 0 Å². The SMILES string of the molecule is CCNC(C)c1cccc(F)c1N1CCCC(C)(C)C1. The van der Waals surface area contributed by atoms with Crippen LogP contribution in [0.2, 0.25) is 0 Å². The van der Waals surface area contributed by atoms with Gasteiger partial charge in [-0.15, -0.1) is 0 Å². The maximum absolute atomic E-state index is 14.4. The molecular weight excluding hydrogens is 251 g/mol. The smallest absolute Gasteiger partial charge is 0.146 e. The number of nitrogens with one attached hydrogen (secondary N) is 1. The minimum atomic E-state index is -0.0926. The topological polar surface area (TPSA) is 15.3 Å². The average Bonchev–Trinajstić information content (AvgIpc) is 2.37. The first-order valence-corrected chi connectivity index (χ1v) is 7.71. The second-order valence-electron chi connectivity index (χ2n) is 6.65. The molecule has 0 radical (unpaired) electrons. The number of nitrogens with zero attached hydrogens (tertiary/aromatic N) is 1.